The molecule has 1 aliphatic heterocycles. The molecule has 29 heavy (non-hydrogen) atoms. The van der Waals surface area contributed by atoms with Crippen molar-refractivity contribution in [3.63, 3.8) is 0 Å². The first kappa shape index (κ1) is 18.6. The Bertz CT molecular complexity index is 998. The van der Waals surface area contributed by atoms with E-state index >= 15 is 0 Å². The zero-order valence-electron chi connectivity index (χ0n) is 17.2. The number of hydrogen-bond acceptors (Lipinski definition) is 3. The summed E-state index contributed by atoms with van der Waals surface area (Å²) in [5.41, 5.74) is 5.69. The van der Waals surface area contributed by atoms with Crippen molar-refractivity contribution < 1.29 is 9.90 Å². The Hall–Kier alpha value is -2.46. The minimum atomic E-state index is -0.896. The average molecular weight is 389 g/mol. The summed E-state index contributed by atoms with van der Waals surface area (Å²) in [6.45, 7) is 4.25. The van der Waals surface area contributed by atoms with E-state index in [1.165, 1.54) is 23.2 Å². The largest absolute Gasteiger partial charge is 0.388 e. The maximum atomic E-state index is 13.4. The van der Waals surface area contributed by atoms with Crippen molar-refractivity contribution in [2.75, 3.05) is 0 Å². The zero-order valence-corrected chi connectivity index (χ0v) is 17.2. The number of rotatable bonds is 5. The minimum Gasteiger partial charge on any atom is -0.388 e. The molecule has 0 radical (unpaired) electrons. The lowest BCUT2D eigenvalue weighted by atomic mass is 9.93. The molecule has 1 saturated carbocycles. The van der Waals surface area contributed by atoms with Crippen LogP contribution in [-0.2, 0) is 19.4 Å². The van der Waals surface area contributed by atoms with Gasteiger partial charge in [-0.1, -0.05) is 30.4 Å². The van der Waals surface area contributed by atoms with Gasteiger partial charge in [-0.15, -0.1) is 0 Å². The van der Waals surface area contributed by atoms with Crippen LogP contribution in [0.5, 0.6) is 0 Å². The van der Waals surface area contributed by atoms with Crippen LogP contribution >= 0.6 is 0 Å². The van der Waals surface area contributed by atoms with Crippen molar-refractivity contribution in [3.8, 4) is 0 Å². The van der Waals surface area contributed by atoms with Gasteiger partial charge in [-0.25, -0.2) is 0 Å². The fourth-order valence-corrected chi connectivity index (χ4v) is 5.22. The summed E-state index contributed by atoms with van der Waals surface area (Å²) in [6, 6.07) is 8.04. The number of aryl methyl sites for hydroxylation is 1. The number of carbonyl (C=O) groups excluding carboxylic acids is 1. The quantitative estimate of drug-likeness (QED) is 0.833. The van der Waals surface area contributed by atoms with Crippen molar-refractivity contribution in [2.45, 2.75) is 64.1 Å². The van der Waals surface area contributed by atoms with Crippen LogP contribution in [0.2, 0.25) is 0 Å². The highest BCUT2D eigenvalue weighted by Crippen LogP contribution is 2.43. The van der Waals surface area contributed by atoms with Crippen molar-refractivity contribution >= 4 is 18.1 Å². The molecule has 0 saturated heterocycles. The molecule has 5 rings (SSSR count). The van der Waals surface area contributed by atoms with Gasteiger partial charge in [-0.2, -0.15) is 0 Å². The number of aliphatic hydroxyl groups is 1. The van der Waals surface area contributed by atoms with Gasteiger partial charge in [0.25, 0.3) is 5.91 Å². The van der Waals surface area contributed by atoms with E-state index in [0.29, 0.717) is 12.5 Å². The van der Waals surface area contributed by atoms with Crippen LogP contribution < -0.4 is 0 Å². The highest BCUT2D eigenvalue weighted by molar-refractivity contribution is 6.02. The van der Waals surface area contributed by atoms with Gasteiger partial charge in [0.2, 0.25) is 0 Å². The Labute approximate surface area is 172 Å². The topological polar surface area (TPSA) is 53.4 Å². The Morgan fingerprint density at radius 2 is 1.97 bits per heavy atom. The number of carbonyl (C=O) groups is 1. The van der Waals surface area contributed by atoms with Crippen molar-refractivity contribution in [2.24, 2.45) is 5.92 Å². The van der Waals surface area contributed by atoms with E-state index in [2.05, 4.69) is 23.2 Å². The lowest BCUT2D eigenvalue weighted by Crippen LogP contribution is -2.51. The van der Waals surface area contributed by atoms with Gasteiger partial charge in [0, 0.05) is 18.4 Å². The van der Waals surface area contributed by atoms with E-state index < -0.39 is 5.60 Å². The molecule has 2 heterocycles. The molecule has 2 aromatic rings. The minimum absolute atomic E-state index is 0.0548. The zero-order chi connectivity index (χ0) is 20.2. The normalized spacial score (nSPS) is 19.7. The summed E-state index contributed by atoms with van der Waals surface area (Å²) in [5, 5.41) is 10.7. The molecular formula is C25H28N2O2. The molecule has 1 N–H and O–H groups in total. The van der Waals surface area contributed by atoms with E-state index in [1.54, 1.807) is 0 Å². The Morgan fingerprint density at radius 3 is 2.72 bits per heavy atom. The summed E-state index contributed by atoms with van der Waals surface area (Å²) < 4.78 is 0. The molecule has 1 aromatic heterocycles. The molecule has 1 aromatic carbocycles. The number of benzene rings is 1. The van der Waals surface area contributed by atoms with Gasteiger partial charge >= 0.3 is 0 Å². The summed E-state index contributed by atoms with van der Waals surface area (Å²) in [7, 11) is 0. The van der Waals surface area contributed by atoms with Crippen LogP contribution in [0.1, 0.15) is 71.4 Å². The predicted molar refractivity (Wildman–Crippen MR) is 114 cm³/mol. The molecule has 0 unspecified atom stereocenters. The Morgan fingerprint density at radius 1 is 1.17 bits per heavy atom. The molecular weight excluding hydrogens is 360 g/mol. The maximum absolute atomic E-state index is 13.4. The van der Waals surface area contributed by atoms with Gasteiger partial charge in [0.05, 0.1) is 17.2 Å². The Balaban J connectivity index is 1.47. The van der Waals surface area contributed by atoms with Crippen LogP contribution in [0.25, 0.3) is 12.2 Å². The summed E-state index contributed by atoms with van der Waals surface area (Å²) >= 11 is 0. The third kappa shape index (κ3) is 3.29. The predicted octanol–water partition coefficient (Wildman–Crippen LogP) is 4.25. The molecule has 0 bridgehead atoms. The summed E-state index contributed by atoms with van der Waals surface area (Å²) in [6.07, 6.45) is 11.6. The van der Waals surface area contributed by atoms with Crippen LogP contribution in [-0.4, -0.2) is 32.5 Å². The van der Waals surface area contributed by atoms with E-state index in [4.69, 9.17) is 0 Å². The SMILES string of the molecule is CC(C)(O)[C@H](C1CC1)N1Cc2cccc(/C=C/c3ccnc4c3CCC4)c2C1=O. The third-order valence-corrected chi connectivity index (χ3v) is 6.59. The van der Waals surface area contributed by atoms with Crippen molar-refractivity contribution in [3.05, 3.63) is 64.0 Å². The van der Waals surface area contributed by atoms with E-state index in [9.17, 15) is 9.90 Å². The first-order valence-electron chi connectivity index (χ1n) is 10.7. The van der Waals surface area contributed by atoms with Crippen molar-refractivity contribution in [1.82, 2.24) is 9.88 Å². The first-order valence-corrected chi connectivity index (χ1v) is 10.7. The smallest absolute Gasteiger partial charge is 0.255 e. The fourth-order valence-electron chi connectivity index (χ4n) is 5.22. The number of nitrogens with zero attached hydrogens (tertiary/aromatic N) is 2. The van der Waals surface area contributed by atoms with Gasteiger partial charge in [-0.05, 0) is 80.2 Å². The third-order valence-electron chi connectivity index (χ3n) is 6.59. The second-order valence-corrected chi connectivity index (χ2v) is 9.26. The second kappa shape index (κ2) is 6.81. The molecule has 4 nitrogen and oxygen atoms in total. The van der Waals surface area contributed by atoms with E-state index in [-0.39, 0.29) is 11.9 Å². The number of fused-ring (bicyclic) bond motifs is 2. The lowest BCUT2D eigenvalue weighted by molar-refractivity contribution is -0.0224. The number of hydrogen-bond donors (Lipinski definition) is 1. The van der Waals surface area contributed by atoms with Gasteiger partial charge < -0.3 is 10.0 Å². The van der Waals surface area contributed by atoms with Crippen molar-refractivity contribution in [1.29, 1.82) is 0 Å². The monoisotopic (exact) mass is 388 g/mol. The van der Waals surface area contributed by atoms with Gasteiger partial charge in [0.15, 0.2) is 0 Å². The maximum Gasteiger partial charge on any atom is 0.255 e. The summed E-state index contributed by atoms with van der Waals surface area (Å²) in [5.74, 6) is 0.464. The Kier molecular flexibility index (Phi) is 4.36. The lowest BCUT2D eigenvalue weighted by Gasteiger charge is -2.37. The summed E-state index contributed by atoms with van der Waals surface area (Å²) in [4.78, 5) is 19.8. The molecule has 0 spiro atoms. The van der Waals surface area contributed by atoms with Crippen LogP contribution in [0.4, 0.5) is 0 Å². The molecule has 150 valence electrons. The van der Waals surface area contributed by atoms with E-state index in [1.807, 2.05) is 43.1 Å². The molecule has 1 amide bonds. The van der Waals surface area contributed by atoms with Crippen LogP contribution in [0, 0.1) is 5.92 Å². The van der Waals surface area contributed by atoms with Gasteiger partial charge in [-0.3, -0.25) is 9.78 Å². The molecule has 2 aliphatic carbocycles. The van der Waals surface area contributed by atoms with E-state index in [0.717, 1.165) is 42.4 Å². The highest BCUT2D eigenvalue weighted by Gasteiger charge is 2.48. The highest BCUT2D eigenvalue weighted by atomic mass is 16.3. The van der Waals surface area contributed by atoms with Crippen LogP contribution in [0.3, 0.4) is 0 Å². The molecule has 3 aliphatic rings. The fraction of sp³-hybridized carbons (Fsp3) is 0.440. The van der Waals surface area contributed by atoms with Gasteiger partial charge in [0.1, 0.15) is 0 Å². The average Bonchev–Trinajstić information content (AvgIpc) is 3.27. The number of aromatic nitrogens is 1. The number of amides is 1. The van der Waals surface area contributed by atoms with Crippen LogP contribution in [0.15, 0.2) is 30.5 Å². The molecule has 4 heteroatoms. The molecule has 1 atom stereocenters. The molecule has 1 fully saturated rings. The standard InChI is InChI=1S/C25H28N2O2/c1-25(2,29)23(18-11-12-18)27-15-19-6-3-5-17(22(19)24(27)28)10-9-16-13-14-26-21-8-4-7-20(16)21/h3,5-6,9-10,13-14,18,23,29H,4,7-8,11-12,15H2,1-2H3/b10-9+/t23-/m0/s1. The second-order valence-electron chi connectivity index (χ2n) is 9.26. The number of pyridine rings is 1. The first-order chi connectivity index (χ1) is 13.9.